The monoisotopic (exact) mass is 123 g/mol. The second-order valence-corrected chi connectivity index (χ2v) is 1.47. The average molecular weight is 123 g/mol. The minimum absolute atomic E-state index is 0. The second kappa shape index (κ2) is 3.22. The van der Waals surface area contributed by atoms with Crippen molar-refractivity contribution >= 4 is 41.4 Å². The van der Waals surface area contributed by atoms with Gasteiger partial charge in [-0.25, -0.2) is 0 Å². The summed E-state index contributed by atoms with van der Waals surface area (Å²) in [5.74, 6) is -0.296. The molecule has 40 valence electrons. The minimum atomic E-state index is -0.148. The van der Waals surface area contributed by atoms with E-state index in [0.29, 0.717) is 12.8 Å². The molecule has 8 heavy (non-hydrogen) atoms. The van der Waals surface area contributed by atoms with Gasteiger partial charge < -0.3 is 0 Å². The Morgan fingerprint density at radius 2 is 1.50 bits per heavy atom. The third-order valence-electron chi connectivity index (χ3n) is 0.858. The fourth-order valence-corrected chi connectivity index (χ4v) is 0.508. The molecule has 1 rings (SSSR count). The summed E-state index contributed by atoms with van der Waals surface area (Å²) in [7, 11) is 0. The topological polar surface area (TPSA) is 46.2 Å². The first-order valence-electron chi connectivity index (χ1n) is 2.12. The molecule has 0 saturated carbocycles. The zero-order valence-corrected chi connectivity index (χ0v) is 3.73. The van der Waals surface area contributed by atoms with E-state index < -0.39 is 0 Å². The molecule has 0 aromatic carbocycles. The number of imide groups is 1. The van der Waals surface area contributed by atoms with Crippen LogP contribution in [0.25, 0.3) is 0 Å². The zero-order chi connectivity index (χ0) is 5.28. The molecule has 0 aromatic rings. The van der Waals surface area contributed by atoms with Gasteiger partial charge in [-0.05, 0) is 0 Å². The van der Waals surface area contributed by atoms with Gasteiger partial charge in [-0.1, -0.05) is 0 Å². The van der Waals surface area contributed by atoms with Crippen molar-refractivity contribution in [2.75, 3.05) is 0 Å². The molecule has 1 saturated heterocycles. The van der Waals surface area contributed by atoms with Crippen molar-refractivity contribution in [3.63, 3.8) is 0 Å². The van der Waals surface area contributed by atoms with E-state index in [1.165, 1.54) is 0 Å². The van der Waals surface area contributed by atoms with Crippen LogP contribution >= 0.6 is 0 Å². The number of hydrogen-bond donors (Lipinski definition) is 1. The first-order valence-corrected chi connectivity index (χ1v) is 2.12. The Kier molecular flexibility index (Phi) is 3.28. The Hall–Kier alpha value is 0.140. The Morgan fingerprint density at radius 3 is 1.62 bits per heavy atom. The zero-order valence-electron chi connectivity index (χ0n) is 3.73. The fraction of sp³-hybridized carbons (Fsp3) is 0.500. The summed E-state index contributed by atoms with van der Waals surface area (Å²) in [6.45, 7) is 0. The summed E-state index contributed by atoms with van der Waals surface area (Å²) in [5.41, 5.74) is 0. The van der Waals surface area contributed by atoms with Gasteiger partial charge in [0.05, 0.1) is 0 Å². The molecule has 0 spiro atoms. The van der Waals surface area contributed by atoms with Crippen LogP contribution in [0.1, 0.15) is 12.8 Å². The maximum absolute atomic E-state index is 10.1. The van der Waals surface area contributed by atoms with E-state index in [0.717, 1.165) is 0 Å². The SMILES string of the molecule is O=C1CCC(=O)N1.[NaH]. The predicted octanol–water partition coefficient (Wildman–Crippen LogP) is -1.23. The molecule has 1 aliphatic rings. The van der Waals surface area contributed by atoms with Crippen molar-refractivity contribution in [3.8, 4) is 0 Å². The Labute approximate surface area is 69.1 Å². The Morgan fingerprint density at radius 1 is 1.12 bits per heavy atom. The molecule has 0 radical (unpaired) electrons. The van der Waals surface area contributed by atoms with Crippen molar-refractivity contribution < 1.29 is 9.59 Å². The number of rotatable bonds is 0. The molecule has 0 aromatic heterocycles. The molecule has 0 aliphatic carbocycles. The first kappa shape index (κ1) is 8.14. The van der Waals surface area contributed by atoms with E-state index in [1.807, 2.05) is 0 Å². The molecule has 1 heterocycles. The van der Waals surface area contributed by atoms with Gasteiger partial charge in [-0.3, -0.25) is 14.9 Å². The van der Waals surface area contributed by atoms with Crippen LogP contribution in [0.3, 0.4) is 0 Å². The maximum atomic E-state index is 10.1. The normalized spacial score (nSPS) is 17.5. The molecule has 1 aliphatic heterocycles. The molecule has 1 fully saturated rings. The fourth-order valence-electron chi connectivity index (χ4n) is 0.508. The van der Waals surface area contributed by atoms with Crippen LogP contribution in [0.2, 0.25) is 0 Å². The molecule has 4 heteroatoms. The van der Waals surface area contributed by atoms with Crippen LogP contribution < -0.4 is 5.32 Å². The van der Waals surface area contributed by atoms with E-state index in [2.05, 4.69) is 5.32 Å². The molecule has 0 unspecified atom stereocenters. The van der Waals surface area contributed by atoms with Crippen LogP contribution in [-0.4, -0.2) is 41.4 Å². The summed E-state index contributed by atoms with van der Waals surface area (Å²) in [6, 6.07) is 0. The van der Waals surface area contributed by atoms with E-state index in [1.54, 1.807) is 0 Å². The molecular weight excluding hydrogens is 117 g/mol. The molecule has 0 bridgehead atoms. The Bertz CT molecular complexity index is 109. The summed E-state index contributed by atoms with van der Waals surface area (Å²) in [5, 5.41) is 2.14. The van der Waals surface area contributed by atoms with Gasteiger partial charge >= 0.3 is 29.6 Å². The van der Waals surface area contributed by atoms with Gasteiger partial charge in [0.25, 0.3) is 0 Å². The number of hydrogen-bond acceptors (Lipinski definition) is 2. The van der Waals surface area contributed by atoms with Crippen LogP contribution in [0.15, 0.2) is 0 Å². The van der Waals surface area contributed by atoms with E-state index in [9.17, 15) is 9.59 Å². The average Bonchev–Trinajstić information content (AvgIpc) is 1.87. The van der Waals surface area contributed by atoms with E-state index in [-0.39, 0.29) is 41.4 Å². The van der Waals surface area contributed by atoms with Crippen LogP contribution in [0, 0.1) is 0 Å². The summed E-state index contributed by atoms with van der Waals surface area (Å²) in [4.78, 5) is 20.2. The van der Waals surface area contributed by atoms with Gasteiger partial charge in [0.2, 0.25) is 11.8 Å². The second-order valence-electron chi connectivity index (χ2n) is 1.47. The van der Waals surface area contributed by atoms with Crippen molar-refractivity contribution in [1.29, 1.82) is 0 Å². The molecule has 1 N–H and O–H groups in total. The molecule has 2 amide bonds. The van der Waals surface area contributed by atoms with Crippen LogP contribution in [-0.2, 0) is 9.59 Å². The summed E-state index contributed by atoms with van der Waals surface area (Å²) in [6.07, 6.45) is 0.748. The number of carbonyl (C=O) groups excluding carboxylic acids is 2. The van der Waals surface area contributed by atoms with Gasteiger partial charge in [0.1, 0.15) is 0 Å². The van der Waals surface area contributed by atoms with E-state index in [4.69, 9.17) is 0 Å². The van der Waals surface area contributed by atoms with Gasteiger partial charge in [-0.15, -0.1) is 0 Å². The van der Waals surface area contributed by atoms with Crippen molar-refractivity contribution in [2.45, 2.75) is 12.8 Å². The predicted molar refractivity (Wildman–Crippen MR) is 29.5 cm³/mol. The van der Waals surface area contributed by atoms with Crippen LogP contribution in [0.4, 0.5) is 0 Å². The standard InChI is InChI=1S/C4H5NO2.Na.H/c6-3-1-2-4(7)5-3;;/h1-2H2,(H,5,6,7);;. The van der Waals surface area contributed by atoms with Crippen molar-refractivity contribution in [1.82, 2.24) is 5.32 Å². The van der Waals surface area contributed by atoms with Gasteiger partial charge in [0.15, 0.2) is 0 Å². The molecule has 3 nitrogen and oxygen atoms in total. The third-order valence-corrected chi connectivity index (χ3v) is 0.858. The Balaban J connectivity index is 0.000000490. The third kappa shape index (κ3) is 1.94. The van der Waals surface area contributed by atoms with E-state index >= 15 is 0 Å². The number of carbonyl (C=O) groups is 2. The quantitative estimate of drug-likeness (QED) is 0.324. The van der Waals surface area contributed by atoms with Gasteiger partial charge in [-0.2, -0.15) is 0 Å². The number of amides is 2. The molecule has 0 atom stereocenters. The number of nitrogens with one attached hydrogen (secondary N) is 1. The van der Waals surface area contributed by atoms with Gasteiger partial charge in [0, 0.05) is 12.8 Å². The first-order chi connectivity index (χ1) is 3.29. The van der Waals surface area contributed by atoms with Crippen LogP contribution in [0.5, 0.6) is 0 Å². The summed E-state index contributed by atoms with van der Waals surface area (Å²) >= 11 is 0. The van der Waals surface area contributed by atoms with Crippen molar-refractivity contribution in [3.05, 3.63) is 0 Å². The summed E-state index contributed by atoms with van der Waals surface area (Å²) < 4.78 is 0. The molecular formula is C4H6NNaO2. The van der Waals surface area contributed by atoms with Crippen molar-refractivity contribution in [2.24, 2.45) is 0 Å².